The van der Waals surface area contributed by atoms with E-state index in [1.807, 2.05) is 0 Å². The van der Waals surface area contributed by atoms with Crippen LogP contribution in [0.4, 0.5) is 5.69 Å². The van der Waals surface area contributed by atoms with Gasteiger partial charge in [-0.05, 0) is 47.2 Å². The minimum absolute atomic E-state index is 0.206. The SMILES string of the molecule is CNCc1cc(S(=O)(=O)Nc2ccc(Br)cc2Br)c[nH]1. The summed E-state index contributed by atoms with van der Waals surface area (Å²) in [6.07, 6.45) is 1.47. The van der Waals surface area contributed by atoms with Crippen LogP contribution in [0.1, 0.15) is 5.69 Å². The average molecular weight is 423 g/mol. The van der Waals surface area contributed by atoms with E-state index in [-0.39, 0.29) is 4.90 Å². The third-order valence-electron chi connectivity index (χ3n) is 2.57. The van der Waals surface area contributed by atoms with Crippen molar-refractivity contribution in [3.8, 4) is 0 Å². The summed E-state index contributed by atoms with van der Waals surface area (Å²) in [6, 6.07) is 6.84. The summed E-state index contributed by atoms with van der Waals surface area (Å²) in [4.78, 5) is 3.13. The fraction of sp³-hybridized carbons (Fsp3) is 0.167. The maximum atomic E-state index is 12.3. The Bertz CT molecular complexity index is 713. The van der Waals surface area contributed by atoms with Gasteiger partial charge in [0.1, 0.15) is 4.90 Å². The molecular formula is C12H13Br2N3O2S. The van der Waals surface area contributed by atoms with Gasteiger partial charge in [-0.3, -0.25) is 4.72 Å². The molecule has 0 aliphatic carbocycles. The van der Waals surface area contributed by atoms with E-state index < -0.39 is 10.0 Å². The van der Waals surface area contributed by atoms with Crippen LogP contribution in [-0.2, 0) is 16.6 Å². The lowest BCUT2D eigenvalue weighted by atomic mass is 10.3. The number of nitrogens with one attached hydrogen (secondary N) is 3. The number of anilines is 1. The van der Waals surface area contributed by atoms with Crippen molar-refractivity contribution >= 4 is 47.6 Å². The number of aromatic nitrogens is 1. The highest BCUT2D eigenvalue weighted by molar-refractivity contribution is 9.11. The number of hydrogen-bond acceptors (Lipinski definition) is 3. The predicted molar refractivity (Wildman–Crippen MR) is 86.2 cm³/mol. The summed E-state index contributed by atoms with van der Waals surface area (Å²) in [5.74, 6) is 0. The molecule has 5 nitrogen and oxygen atoms in total. The van der Waals surface area contributed by atoms with Crippen molar-refractivity contribution < 1.29 is 8.42 Å². The van der Waals surface area contributed by atoms with Gasteiger partial charge in [0.05, 0.1) is 5.69 Å². The second kappa shape index (κ2) is 6.30. The molecule has 0 fully saturated rings. The number of aromatic amines is 1. The Morgan fingerprint density at radius 3 is 2.65 bits per heavy atom. The number of rotatable bonds is 5. The minimum Gasteiger partial charge on any atom is -0.363 e. The van der Waals surface area contributed by atoms with Crippen LogP contribution < -0.4 is 10.0 Å². The molecule has 3 N–H and O–H groups in total. The van der Waals surface area contributed by atoms with Gasteiger partial charge in [-0.1, -0.05) is 15.9 Å². The average Bonchev–Trinajstić information content (AvgIpc) is 2.83. The van der Waals surface area contributed by atoms with Crippen LogP contribution in [0.15, 0.2) is 44.3 Å². The second-order valence-electron chi connectivity index (χ2n) is 4.12. The third kappa shape index (κ3) is 3.63. The summed E-state index contributed by atoms with van der Waals surface area (Å²) in [6.45, 7) is 0.581. The zero-order valence-electron chi connectivity index (χ0n) is 10.6. The number of sulfonamides is 1. The quantitative estimate of drug-likeness (QED) is 0.693. The first kappa shape index (κ1) is 15.6. The lowest BCUT2D eigenvalue weighted by molar-refractivity contribution is 0.601. The smallest absolute Gasteiger partial charge is 0.263 e. The fourth-order valence-electron chi connectivity index (χ4n) is 1.64. The van der Waals surface area contributed by atoms with Crippen LogP contribution in [0.3, 0.4) is 0 Å². The highest BCUT2D eigenvalue weighted by atomic mass is 79.9. The summed E-state index contributed by atoms with van der Waals surface area (Å²) in [5.41, 5.74) is 1.30. The Morgan fingerprint density at radius 1 is 1.25 bits per heavy atom. The van der Waals surface area contributed by atoms with Gasteiger partial charge < -0.3 is 10.3 Å². The van der Waals surface area contributed by atoms with E-state index in [4.69, 9.17) is 0 Å². The maximum Gasteiger partial charge on any atom is 0.263 e. The van der Waals surface area contributed by atoms with Crippen molar-refractivity contribution in [2.45, 2.75) is 11.4 Å². The monoisotopic (exact) mass is 421 g/mol. The first-order valence-electron chi connectivity index (χ1n) is 5.72. The highest BCUT2D eigenvalue weighted by Gasteiger charge is 2.17. The Hall–Kier alpha value is -0.830. The molecule has 20 heavy (non-hydrogen) atoms. The third-order valence-corrected chi connectivity index (χ3v) is 5.06. The van der Waals surface area contributed by atoms with E-state index >= 15 is 0 Å². The molecule has 0 atom stereocenters. The predicted octanol–water partition coefficient (Wildman–Crippen LogP) is 3.06. The van der Waals surface area contributed by atoms with Gasteiger partial charge >= 0.3 is 0 Å². The molecule has 2 aromatic rings. The molecule has 1 aromatic carbocycles. The summed E-state index contributed by atoms with van der Waals surface area (Å²) < 4.78 is 28.6. The van der Waals surface area contributed by atoms with Crippen LogP contribution in [0.5, 0.6) is 0 Å². The lowest BCUT2D eigenvalue weighted by Gasteiger charge is -2.08. The van der Waals surface area contributed by atoms with E-state index in [1.165, 1.54) is 6.20 Å². The molecule has 0 unspecified atom stereocenters. The van der Waals surface area contributed by atoms with Crippen molar-refractivity contribution in [2.24, 2.45) is 0 Å². The van der Waals surface area contributed by atoms with E-state index in [9.17, 15) is 8.42 Å². The number of H-pyrrole nitrogens is 1. The van der Waals surface area contributed by atoms with E-state index in [2.05, 4.69) is 46.9 Å². The highest BCUT2D eigenvalue weighted by Crippen LogP contribution is 2.28. The molecule has 0 amide bonds. The molecule has 1 aromatic heterocycles. The van der Waals surface area contributed by atoms with Crippen molar-refractivity contribution in [1.29, 1.82) is 0 Å². The van der Waals surface area contributed by atoms with Gasteiger partial charge in [0, 0.05) is 27.4 Å². The Balaban J connectivity index is 2.26. The van der Waals surface area contributed by atoms with Gasteiger partial charge in [0.25, 0.3) is 10.0 Å². The van der Waals surface area contributed by atoms with Gasteiger partial charge in [-0.25, -0.2) is 8.42 Å². The number of benzene rings is 1. The maximum absolute atomic E-state index is 12.3. The van der Waals surface area contributed by atoms with Gasteiger partial charge in [0.2, 0.25) is 0 Å². The molecule has 0 saturated heterocycles. The van der Waals surface area contributed by atoms with E-state index in [1.54, 1.807) is 31.3 Å². The molecule has 0 aliphatic rings. The molecule has 8 heteroatoms. The summed E-state index contributed by atoms with van der Waals surface area (Å²) >= 11 is 6.65. The normalized spacial score (nSPS) is 11.6. The topological polar surface area (TPSA) is 74.0 Å². The molecule has 108 valence electrons. The van der Waals surface area contributed by atoms with Crippen molar-refractivity contribution in [3.63, 3.8) is 0 Å². The molecule has 0 radical (unpaired) electrons. The molecule has 0 saturated carbocycles. The van der Waals surface area contributed by atoms with Crippen molar-refractivity contribution in [2.75, 3.05) is 11.8 Å². The lowest BCUT2D eigenvalue weighted by Crippen LogP contribution is -2.12. The fourth-order valence-corrected chi connectivity index (χ4v) is 4.02. The van der Waals surface area contributed by atoms with E-state index in [0.29, 0.717) is 16.7 Å². The summed E-state index contributed by atoms with van der Waals surface area (Å²) in [7, 11) is -1.80. The molecule has 2 rings (SSSR count). The number of hydrogen-bond donors (Lipinski definition) is 3. The molecule has 1 heterocycles. The first-order chi connectivity index (χ1) is 9.42. The van der Waals surface area contributed by atoms with Crippen LogP contribution >= 0.6 is 31.9 Å². The molecule has 0 aliphatic heterocycles. The van der Waals surface area contributed by atoms with Crippen LogP contribution in [0.2, 0.25) is 0 Å². The standard InChI is InChI=1S/C12H13Br2N3O2S/c1-15-6-9-5-10(7-16-9)20(18,19)17-12-3-2-8(13)4-11(12)14/h2-5,7,15-17H,6H2,1H3. The van der Waals surface area contributed by atoms with Crippen molar-refractivity contribution in [3.05, 3.63) is 45.1 Å². The molecule has 0 bridgehead atoms. The molecule has 0 spiro atoms. The van der Waals surface area contributed by atoms with Crippen LogP contribution in [0.25, 0.3) is 0 Å². The largest absolute Gasteiger partial charge is 0.363 e. The van der Waals surface area contributed by atoms with Crippen molar-refractivity contribution in [1.82, 2.24) is 10.3 Å². The Morgan fingerprint density at radius 2 is 2.00 bits per heavy atom. The van der Waals surface area contributed by atoms with Crippen LogP contribution in [0, 0.1) is 0 Å². The summed E-state index contributed by atoms with van der Waals surface area (Å²) in [5, 5.41) is 2.95. The van der Waals surface area contributed by atoms with Gasteiger partial charge in [-0.15, -0.1) is 0 Å². The second-order valence-corrected chi connectivity index (χ2v) is 7.57. The van der Waals surface area contributed by atoms with Gasteiger partial charge in [-0.2, -0.15) is 0 Å². The Labute approximate surface area is 134 Å². The van der Waals surface area contributed by atoms with Crippen LogP contribution in [-0.4, -0.2) is 20.4 Å². The number of halogens is 2. The van der Waals surface area contributed by atoms with E-state index in [0.717, 1.165) is 10.2 Å². The first-order valence-corrected chi connectivity index (χ1v) is 8.79. The Kier molecular flexibility index (Phi) is 4.90. The molecular weight excluding hydrogens is 410 g/mol. The van der Waals surface area contributed by atoms with Gasteiger partial charge in [0.15, 0.2) is 0 Å². The zero-order valence-corrected chi connectivity index (χ0v) is 14.6. The zero-order chi connectivity index (χ0) is 14.8. The minimum atomic E-state index is -3.60.